The van der Waals surface area contributed by atoms with Crippen LogP contribution in [-0.2, 0) is 6.42 Å². The van der Waals surface area contributed by atoms with Gasteiger partial charge in [0.15, 0.2) is 0 Å². The normalized spacial score (nSPS) is 13.4. The van der Waals surface area contributed by atoms with Crippen LogP contribution in [0.15, 0.2) is 88.7 Å². The van der Waals surface area contributed by atoms with Crippen molar-refractivity contribution in [2.24, 2.45) is 4.99 Å². The Balaban J connectivity index is 1.46. The van der Waals surface area contributed by atoms with Crippen LogP contribution < -0.4 is 0 Å². The zero-order valence-corrected chi connectivity index (χ0v) is 19.2. The Hall–Kier alpha value is -3.61. The number of hydrogen-bond donors (Lipinski definition) is 0. The van der Waals surface area contributed by atoms with Crippen molar-refractivity contribution >= 4 is 54.6 Å². The van der Waals surface area contributed by atoms with Gasteiger partial charge in [0.1, 0.15) is 21.2 Å². The van der Waals surface area contributed by atoms with Crippen LogP contribution in [-0.4, -0.2) is 20.2 Å². The first-order valence-corrected chi connectivity index (χ1v) is 12.7. The van der Waals surface area contributed by atoms with Crippen molar-refractivity contribution in [1.29, 1.82) is 0 Å². The van der Waals surface area contributed by atoms with Crippen molar-refractivity contribution in [3.8, 4) is 17.1 Å². The van der Waals surface area contributed by atoms with Gasteiger partial charge in [-0.15, -0.1) is 22.7 Å². The maximum absolute atomic E-state index is 5.19. The highest BCUT2D eigenvalue weighted by atomic mass is 32.2. The highest BCUT2D eigenvalue weighted by molar-refractivity contribution is 7.36. The Morgan fingerprint density at radius 3 is 2.64 bits per heavy atom. The number of aromatic nitrogens is 3. The number of fused-ring (bicyclic) bond motifs is 4. The third kappa shape index (κ3) is 2.98. The van der Waals surface area contributed by atoms with Gasteiger partial charge < -0.3 is 0 Å². The van der Waals surface area contributed by atoms with Gasteiger partial charge in [0.05, 0.1) is 22.4 Å². The summed E-state index contributed by atoms with van der Waals surface area (Å²) in [5.74, 6) is 1.88. The molecule has 0 radical (unpaired) electrons. The van der Waals surface area contributed by atoms with E-state index in [0.717, 1.165) is 52.5 Å². The summed E-state index contributed by atoms with van der Waals surface area (Å²) in [5, 5.41) is 3.42. The summed E-state index contributed by atoms with van der Waals surface area (Å²) in [5.41, 5.74) is 9.75. The van der Waals surface area contributed by atoms with E-state index in [0.29, 0.717) is 0 Å². The predicted octanol–water partition coefficient (Wildman–Crippen LogP) is 7.43. The van der Waals surface area contributed by atoms with Gasteiger partial charge >= 0.3 is 0 Å². The monoisotopic (exact) mass is 462 g/mol. The smallest absolute Gasteiger partial charge is 0.142 e. The van der Waals surface area contributed by atoms with Gasteiger partial charge in [-0.05, 0) is 36.6 Å². The molecule has 0 N–H and O–H groups in total. The van der Waals surface area contributed by atoms with Crippen molar-refractivity contribution in [3.63, 3.8) is 0 Å². The average Bonchev–Trinajstić information content (AvgIpc) is 3.57. The third-order valence-electron chi connectivity index (χ3n) is 6.22. The van der Waals surface area contributed by atoms with Crippen molar-refractivity contribution < 1.29 is 0 Å². The maximum Gasteiger partial charge on any atom is 0.142 e. The summed E-state index contributed by atoms with van der Waals surface area (Å²) in [4.78, 5) is 14.9. The lowest BCUT2D eigenvalue weighted by Gasteiger charge is -2.16. The van der Waals surface area contributed by atoms with E-state index in [-0.39, 0.29) is 0 Å². The molecule has 4 nitrogen and oxygen atoms in total. The number of pyridine rings is 1. The fourth-order valence-electron chi connectivity index (χ4n) is 4.70. The van der Waals surface area contributed by atoms with Crippen LogP contribution in [0.3, 0.4) is 0 Å². The molecular weight excluding hydrogens is 444 g/mol. The zero-order valence-electron chi connectivity index (χ0n) is 17.6. The summed E-state index contributed by atoms with van der Waals surface area (Å²) in [6.45, 7) is 0. The molecular formula is C27H18N4S2. The van der Waals surface area contributed by atoms with Gasteiger partial charge in [0, 0.05) is 21.9 Å². The second-order valence-electron chi connectivity index (χ2n) is 8.10. The van der Waals surface area contributed by atoms with Gasteiger partial charge in [-0.1, -0.05) is 54.6 Å². The standard InChI is InChI=1S/C27H18N4S2/c1-2-7-17(8-3-1)21-14-13-19-18-9-4-5-11-23(18)31(26(19)30-21)24-12-6-10-22(29-24)20-15-32-27-25(20)28-16-33-27/h1-12,15-16H,13-14H2. The fourth-order valence-corrected chi connectivity index (χ4v) is 6.46. The molecule has 33 heavy (non-hydrogen) atoms. The molecule has 158 valence electrons. The number of thiophene rings is 1. The first-order chi connectivity index (χ1) is 16.4. The molecule has 0 amide bonds. The number of aryl methyl sites for hydroxylation is 1. The minimum Gasteiger partial charge on any atom is -0.278 e. The predicted molar refractivity (Wildman–Crippen MR) is 139 cm³/mol. The molecule has 0 aliphatic carbocycles. The number of thiazole rings is 1. The van der Waals surface area contributed by atoms with Crippen LogP contribution in [0, 0.1) is 0 Å². The molecule has 0 bridgehead atoms. The first kappa shape index (κ1) is 18.9. The number of hydrogen-bond acceptors (Lipinski definition) is 5. The van der Waals surface area contributed by atoms with Crippen molar-refractivity contribution in [1.82, 2.24) is 14.5 Å². The number of rotatable bonds is 3. The molecule has 1 aliphatic heterocycles. The molecule has 0 fully saturated rings. The summed E-state index contributed by atoms with van der Waals surface area (Å²) < 4.78 is 3.46. The van der Waals surface area contributed by atoms with Gasteiger partial charge in [-0.3, -0.25) is 4.57 Å². The minimum atomic E-state index is 0.887. The van der Waals surface area contributed by atoms with E-state index in [1.54, 1.807) is 22.7 Å². The Labute approximate surface area is 198 Å². The van der Waals surface area contributed by atoms with E-state index in [2.05, 4.69) is 87.7 Å². The van der Waals surface area contributed by atoms with E-state index in [1.165, 1.54) is 20.5 Å². The quantitative estimate of drug-likeness (QED) is 0.274. The topological polar surface area (TPSA) is 43.1 Å². The maximum atomic E-state index is 5.19. The van der Waals surface area contributed by atoms with E-state index < -0.39 is 0 Å². The van der Waals surface area contributed by atoms with Crippen LogP contribution in [0.4, 0.5) is 5.82 Å². The van der Waals surface area contributed by atoms with Gasteiger partial charge in [-0.2, -0.15) is 0 Å². The van der Waals surface area contributed by atoms with Gasteiger partial charge in [0.2, 0.25) is 0 Å². The molecule has 7 rings (SSSR count). The molecule has 1 aliphatic rings. The Kier molecular flexibility index (Phi) is 4.28. The summed E-state index contributed by atoms with van der Waals surface area (Å²) in [6, 6.07) is 25.3. The molecule has 0 atom stereocenters. The molecule has 5 heterocycles. The number of nitrogens with zero attached hydrogens (tertiary/aromatic N) is 4. The van der Waals surface area contributed by atoms with E-state index in [9.17, 15) is 0 Å². The van der Waals surface area contributed by atoms with Gasteiger partial charge in [-0.25, -0.2) is 15.0 Å². The molecule has 0 saturated carbocycles. The molecule has 2 aromatic carbocycles. The lowest BCUT2D eigenvalue weighted by Crippen LogP contribution is -2.08. The van der Waals surface area contributed by atoms with Crippen LogP contribution in [0.25, 0.3) is 37.5 Å². The van der Waals surface area contributed by atoms with Gasteiger partial charge in [0.25, 0.3) is 0 Å². The summed E-state index contributed by atoms with van der Waals surface area (Å²) in [6.07, 6.45) is 1.91. The number of benzene rings is 2. The Morgan fingerprint density at radius 2 is 1.70 bits per heavy atom. The summed E-state index contributed by atoms with van der Waals surface area (Å²) in [7, 11) is 0. The van der Waals surface area contributed by atoms with Crippen LogP contribution >= 0.6 is 22.7 Å². The fraction of sp³-hybridized carbons (Fsp3) is 0.0741. The van der Waals surface area contributed by atoms with E-state index in [1.807, 2.05) is 5.51 Å². The highest BCUT2D eigenvalue weighted by Gasteiger charge is 2.23. The van der Waals surface area contributed by atoms with E-state index in [4.69, 9.17) is 9.98 Å². The van der Waals surface area contributed by atoms with Crippen molar-refractivity contribution in [2.45, 2.75) is 12.8 Å². The summed E-state index contributed by atoms with van der Waals surface area (Å²) >= 11 is 3.41. The molecule has 4 aromatic heterocycles. The van der Waals surface area contributed by atoms with Crippen molar-refractivity contribution in [2.75, 3.05) is 0 Å². The van der Waals surface area contributed by atoms with Crippen molar-refractivity contribution in [3.05, 3.63) is 94.8 Å². The number of para-hydroxylation sites is 1. The largest absolute Gasteiger partial charge is 0.278 e. The second kappa shape index (κ2) is 7.47. The SMILES string of the molecule is c1ccc(C2=Nc3c(c4ccccc4n3-c3cccc(-c4csc5scnc45)n3)CC2)cc1. The Bertz CT molecular complexity index is 1670. The zero-order chi connectivity index (χ0) is 21.8. The van der Waals surface area contributed by atoms with Crippen LogP contribution in [0.2, 0.25) is 0 Å². The molecule has 6 heteroatoms. The Morgan fingerprint density at radius 1 is 0.818 bits per heavy atom. The lowest BCUT2D eigenvalue weighted by atomic mass is 9.98. The van der Waals surface area contributed by atoms with Crippen LogP contribution in [0.5, 0.6) is 0 Å². The van der Waals surface area contributed by atoms with E-state index >= 15 is 0 Å². The first-order valence-electron chi connectivity index (χ1n) is 10.9. The van der Waals surface area contributed by atoms with Crippen LogP contribution in [0.1, 0.15) is 17.5 Å². The second-order valence-corrected chi connectivity index (χ2v) is 10.1. The minimum absolute atomic E-state index is 0.887. The lowest BCUT2D eigenvalue weighted by molar-refractivity contribution is 0.966. The molecule has 0 saturated heterocycles. The average molecular weight is 463 g/mol. The molecule has 6 aromatic rings. The molecule has 0 spiro atoms. The molecule has 0 unspecified atom stereocenters. The number of aliphatic imine (C=N–C) groups is 1. The highest BCUT2D eigenvalue weighted by Crippen LogP contribution is 2.40. The third-order valence-corrected chi connectivity index (χ3v) is 8.18.